The van der Waals surface area contributed by atoms with Crippen molar-refractivity contribution in [3.05, 3.63) is 64.1 Å². The minimum Gasteiger partial charge on any atom is -0.493 e. The molecule has 1 aliphatic carbocycles. The van der Waals surface area contributed by atoms with E-state index in [9.17, 15) is 9.59 Å². The molecule has 7 heteroatoms. The van der Waals surface area contributed by atoms with Crippen LogP contribution >= 0.6 is 0 Å². The third-order valence-electron chi connectivity index (χ3n) is 6.37. The van der Waals surface area contributed by atoms with Crippen LogP contribution in [0.5, 0.6) is 11.5 Å². The van der Waals surface area contributed by atoms with E-state index < -0.39 is 0 Å². The molecule has 7 nitrogen and oxygen atoms in total. The van der Waals surface area contributed by atoms with Gasteiger partial charge < -0.3 is 14.4 Å². The summed E-state index contributed by atoms with van der Waals surface area (Å²) in [5, 5.41) is 5.85. The van der Waals surface area contributed by atoms with Crippen LogP contribution in [0.1, 0.15) is 50.8 Å². The van der Waals surface area contributed by atoms with Crippen molar-refractivity contribution in [2.45, 2.75) is 71.7 Å². The molecule has 4 rings (SSSR count). The number of methoxy groups -OCH3 is 1. The van der Waals surface area contributed by atoms with Crippen LogP contribution in [-0.2, 0) is 17.9 Å². The van der Waals surface area contributed by atoms with E-state index in [-0.39, 0.29) is 30.2 Å². The minimum atomic E-state index is -0.238. The number of aryl methyl sites for hydroxylation is 1. The van der Waals surface area contributed by atoms with Crippen molar-refractivity contribution in [1.82, 2.24) is 14.7 Å². The lowest BCUT2D eigenvalue weighted by Crippen LogP contribution is -2.42. The number of hydrogen-bond acceptors (Lipinski definition) is 5. The van der Waals surface area contributed by atoms with Crippen molar-refractivity contribution < 1.29 is 14.3 Å². The van der Waals surface area contributed by atoms with Gasteiger partial charge in [-0.25, -0.2) is 4.68 Å². The quantitative estimate of drug-likeness (QED) is 0.493. The summed E-state index contributed by atoms with van der Waals surface area (Å²) in [6, 6.07) is 13.3. The number of carbonyl (C=O) groups excluding carboxylic acids is 1. The van der Waals surface area contributed by atoms with Gasteiger partial charge in [-0.3, -0.25) is 9.59 Å². The van der Waals surface area contributed by atoms with E-state index in [1.807, 2.05) is 62.1 Å². The van der Waals surface area contributed by atoms with Gasteiger partial charge in [-0.2, -0.15) is 5.10 Å². The van der Waals surface area contributed by atoms with Gasteiger partial charge in [0, 0.05) is 18.0 Å². The second-order valence-electron chi connectivity index (χ2n) is 9.21. The van der Waals surface area contributed by atoms with Crippen molar-refractivity contribution in [1.29, 1.82) is 0 Å². The number of hydrogen-bond donors (Lipinski definition) is 0. The van der Waals surface area contributed by atoms with E-state index in [2.05, 4.69) is 5.10 Å². The van der Waals surface area contributed by atoms with Gasteiger partial charge in [0.15, 0.2) is 11.5 Å². The maximum absolute atomic E-state index is 13.6. The first-order chi connectivity index (χ1) is 16.4. The van der Waals surface area contributed by atoms with Gasteiger partial charge >= 0.3 is 0 Å². The molecule has 0 saturated heterocycles. The van der Waals surface area contributed by atoms with Crippen LogP contribution in [0.15, 0.2) is 47.3 Å². The first kappa shape index (κ1) is 23.8. The predicted octanol–water partition coefficient (Wildman–Crippen LogP) is 4.47. The smallest absolute Gasteiger partial charge is 0.275 e. The Morgan fingerprint density at radius 1 is 1.12 bits per heavy atom. The molecule has 0 bridgehead atoms. The lowest BCUT2D eigenvalue weighted by atomic mass is 10.1. The number of carbonyl (C=O) groups is 1. The molecule has 1 heterocycles. The van der Waals surface area contributed by atoms with Crippen molar-refractivity contribution >= 4 is 16.7 Å². The number of aromatic nitrogens is 2. The molecule has 1 amide bonds. The van der Waals surface area contributed by atoms with E-state index in [0.717, 1.165) is 42.3 Å². The Morgan fingerprint density at radius 3 is 2.50 bits per heavy atom. The molecule has 0 N–H and O–H groups in total. The third-order valence-corrected chi connectivity index (χ3v) is 6.37. The molecule has 0 aliphatic heterocycles. The van der Waals surface area contributed by atoms with Gasteiger partial charge in [-0.05, 0) is 57.4 Å². The summed E-state index contributed by atoms with van der Waals surface area (Å²) in [7, 11) is 1.62. The van der Waals surface area contributed by atoms with Crippen LogP contribution in [0.4, 0.5) is 0 Å². The monoisotopic (exact) mass is 463 g/mol. The number of nitrogens with zero attached hydrogens (tertiary/aromatic N) is 3. The molecular weight excluding hydrogens is 430 g/mol. The van der Waals surface area contributed by atoms with Crippen molar-refractivity contribution in [3.63, 3.8) is 0 Å². The molecular formula is C27H33N3O4. The second kappa shape index (κ2) is 10.3. The first-order valence-corrected chi connectivity index (χ1v) is 12.0. The molecule has 34 heavy (non-hydrogen) atoms. The lowest BCUT2D eigenvalue weighted by Gasteiger charge is -2.29. The number of benzene rings is 2. The molecule has 0 unspecified atom stereocenters. The molecule has 0 atom stereocenters. The standard InChI is InChI=1S/C27H33N3O4/c1-18(2)34-25-15-20(13-14-24(25)33-4)16-29(21-9-5-6-10-21)26(31)17-30-27(32)23-12-8-7-11-22(23)19(3)28-30/h7-8,11-15,18,21H,5-6,9-10,16-17H2,1-4H3. The zero-order chi connectivity index (χ0) is 24.2. The predicted molar refractivity (Wildman–Crippen MR) is 132 cm³/mol. The van der Waals surface area contributed by atoms with Crippen LogP contribution in [0.2, 0.25) is 0 Å². The molecule has 0 spiro atoms. The van der Waals surface area contributed by atoms with Crippen molar-refractivity contribution in [3.8, 4) is 11.5 Å². The van der Waals surface area contributed by atoms with E-state index in [4.69, 9.17) is 9.47 Å². The Kier molecular flexibility index (Phi) is 7.20. The van der Waals surface area contributed by atoms with Crippen molar-refractivity contribution in [2.75, 3.05) is 7.11 Å². The van der Waals surface area contributed by atoms with Gasteiger partial charge in [-0.15, -0.1) is 0 Å². The van der Waals surface area contributed by atoms with Crippen LogP contribution in [0.3, 0.4) is 0 Å². The summed E-state index contributed by atoms with van der Waals surface area (Å²) >= 11 is 0. The molecule has 1 fully saturated rings. The topological polar surface area (TPSA) is 73.7 Å². The van der Waals surface area contributed by atoms with E-state index >= 15 is 0 Å². The van der Waals surface area contributed by atoms with Gasteiger partial charge in [0.05, 0.1) is 24.3 Å². The van der Waals surface area contributed by atoms with Crippen LogP contribution in [0.25, 0.3) is 10.8 Å². The van der Waals surface area contributed by atoms with Gasteiger partial charge in [0.1, 0.15) is 6.54 Å². The molecule has 2 aromatic carbocycles. The highest BCUT2D eigenvalue weighted by Gasteiger charge is 2.28. The number of amides is 1. The molecule has 3 aromatic rings. The fourth-order valence-electron chi connectivity index (χ4n) is 4.73. The first-order valence-electron chi connectivity index (χ1n) is 12.0. The largest absolute Gasteiger partial charge is 0.493 e. The Balaban J connectivity index is 1.62. The fourth-order valence-corrected chi connectivity index (χ4v) is 4.73. The zero-order valence-electron chi connectivity index (χ0n) is 20.4. The average Bonchev–Trinajstić information content (AvgIpc) is 3.35. The molecule has 1 aromatic heterocycles. The highest BCUT2D eigenvalue weighted by atomic mass is 16.5. The zero-order valence-corrected chi connectivity index (χ0v) is 20.4. The molecule has 1 saturated carbocycles. The number of fused-ring (bicyclic) bond motifs is 1. The highest BCUT2D eigenvalue weighted by molar-refractivity contribution is 5.83. The van der Waals surface area contributed by atoms with E-state index in [1.54, 1.807) is 13.2 Å². The normalized spacial score (nSPS) is 14.0. The van der Waals surface area contributed by atoms with Crippen LogP contribution in [-0.4, -0.2) is 39.8 Å². The van der Waals surface area contributed by atoms with Gasteiger partial charge in [0.2, 0.25) is 5.91 Å². The number of rotatable bonds is 8. The maximum Gasteiger partial charge on any atom is 0.275 e. The summed E-state index contributed by atoms with van der Waals surface area (Å²) < 4.78 is 12.7. The second-order valence-corrected chi connectivity index (χ2v) is 9.21. The lowest BCUT2D eigenvalue weighted by molar-refractivity contribution is -0.135. The minimum absolute atomic E-state index is 0.00538. The van der Waals surface area contributed by atoms with Crippen LogP contribution < -0.4 is 15.0 Å². The summed E-state index contributed by atoms with van der Waals surface area (Å²) in [6.07, 6.45) is 4.15. The van der Waals surface area contributed by atoms with Gasteiger partial charge in [-0.1, -0.05) is 37.1 Å². The Morgan fingerprint density at radius 2 is 1.82 bits per heavy atom. The summed E-state index contributed by atoms with van der Waals surface area (Å²) in [4.78, 5) is 28.5. The Labute approximate surface area is 200 Å². The average molecular weight is 464 g/mol. The summed E-state index contributed by atoms with van der Waals surface area (Å²) in [5.74, 6) is 1.23. The fraction of sp³-hybridized carbons (Fsp3) is 0.444. The highest BCUT2D eigenvalue weighted by Crippen LogP contribution is 2.31. The molecule has 180 valence electrons. The molecule has 0 radical (unpaired) electrons. The Hall–Kier alpha value is -3.35. The van der Waals surface area contributed by atoms with E-state index in [0.29, 0.717) is 23.4 Å². The summed E-state index contributed by atoms with van der Waals surface area (Å²) in [6.45, 7) is 6.17. The SMILES string of the molecule is COc1ccc(CN(C(=O)Cn2nc(C)c3ccccc3c2=O)C2CCCC2)cc1OC(C)C. The maximum atomic E-state index is 13.6. The summed E-state index contributed by atoms with van der Waals surface area (Å²) in [5.41, 5.74) is 1.46. The van der Waals surface area contributed by atoms with Gasteiger partial charge in [0.25, 0.3) is 5.56 Å². The molecule has 1 aliphatic rings. The van der Waals surface area contributed by atoms with Crippen molar-refractivity contribution in [2.24, 2.45) is 0 Å². The Bertz CT molecular complexity index is 1230. The van der Waals surface area contributed by atoms with Crippen LogP contribution in [0, 0.1) is 6.92 Å². The third kappa shape index (κ3) is 5.08. The van der Waals surface area contributed by atoms with E-state index in [1.165, 1.54) is 4.68 Å². The number of ether oxygens (including phenoxy) is 2.